The van der Waals surface area contributed by atoms with Crippen molar-refractivity contribution >= 4 is 5.97 Å². The number of hydrogen-bond acceptors (Lipinski definition) is 3. The third-order valence-corrected chi connectivity index (χ3v) is 3.10. The van der Waals surface area contributed by atoms with Crippen LogP contribution in [-0.4, -0.2) is 18.6 Å². The lowest BCUT2D eigenvalue weighted by molar-refractivity contribution is -0.144. The number of esters is 1. The van der Waals surface area contributed by atoms with E-state index in [0.29, 0.717) is 6.61 Å². The number of nitrogens with two attached hydrogens (primary N) is 1. The van der Waals surface area contributed by atoms with Crippen LogP contribution in [0, 0.1) is 5.92 Å². The smallest absolute Gasteiger partial charge is 0.322 e. The molecule has 0 spiro atoms. The SMILES string of the molecule is C[C@H](N)C(=O)OCCCC1CCCCC1. The molecule has 2 N–H and O–H groups in total. The molecule has 1 aliphatic rings. The zero-order valence-corrected chi connectivity index (χ0v) is 9.71. The Labute approximate surface area is 92.4 Å². The molecule has 0 heterocycles. The summed E-state index contributed by atoms with van der Waals surface area (Å²) >= 11 is 0. The largest absolute Gasteiger partial charge is 0.465 e. The molecule has 3 nitrogen and oxygen atoms in total. The average molecular weight is 213 g/mol. The summed E-state index contributed by atoms with van der Waals surface area (Å²) in [5.41, 5.74) is 5.39. The van der Waals surface area contributed by atoms with Gasteiger partial charge in [0.05, 0.1) is 6.61 Å². The number of carbonyl (C=O) groups is 1. The summed E-state index contributed by atoms with van der Waals surface area (Å²) in [7, 11) is 0. The maximum Gasteiger partial charge on any atom is 0.322 e. The van der Waals surface area contributed by atoms with E-state index in [2.05, 4.69) is 0 Å². The van der Waals surface area contributed by atoms with Crippen LogP contribution in [0.3, 0.4) is 0 Å². The fourth-order valence-corrected chi connectivity index (χ4v) is 2.15. The Morgan fingerprint density at radius 2 is 2.07 bits per heavy atom. The van der Waals surface area contributed by atoms with E-state index in [4.69, 9.17) is 10.5 Å². The van der Waals surface area contributed by atoms with Crippen LogP contribution in [0.15, 0.2) is 0 Å². The van der Waals surface area contributed by atoms with E-state index in [-0.39, 0.29) is 5.97 Å². The highest BCUT2D eigenvalue weighted by molar-refractivity contribution is 5.74. The van der Waals surface area contributed by atoms with Crippen molar-refractivity contribution in [3.8, 4) is 0 Å². The molecule has 88 valence electrons. The Hall–Kier alpha value is -0.570. The van der Waals surface area contributed by atoms with Gasteiger partial charge < -0.3 is 10.5 Å². The van der Waals surface area contributed by atoms with Gasteiger partial charge in [-0.25, -0.2) is 0 Å². The van der Waals surface area contributed by atoms with Gasteiger partial charge in [-0.1, -0.05) is 32.1 Å². The number of hydrogen-bond donors (Lipinski definition) is 1. The van der Waals surface area contributed by atoms with Gasteiger partial charge in [0.15, 0.2) is 0 Å². The van der Waals surface area contributed by atoms with Crippen molar-refractivity contribution in [2.45, 2.75) is 57.9 Å². The lowest BCUT2D eigenvalue weighted by atomic mass is 9.86. The minimum absolute atomic E-state index is 0.279. The van der Waals surface area contributed by atoms with Crippen LogP contribution in [0.2, 0.25) is 0 Å². The highest BCUT2D eigenvalue weighted by Crippen LogP contribution is 2.27. The van der Waals surface area contributed by atoms with Crippen molar-refractivity contribution in [2.24, 2.45) is 11.7 Å². The highest BCUT2D eigenvalue weighted by Gasteiger charge is 2.13. The topological polar surface area (TPSA) is 52.3 Å². The minimum atomic E-state index is -0.486. The summed E-state index contributed by atoms with van der Waals surface area (Å²) in [5, 5.41) is 0. The van der Waals surface area contributed by atoms with Gasteiger partial charge in [0, 0.05) is 0 Å². The lowest BCUT2D eigenvalue weighted by Crippen LogP contribution is -2.29. The quantitative estimate of drug-likeness (QED) is 0.563. The van der Waals surface area contributed by atoms with Crippen LogP contribution in [0.4, 0.5) is 0 Å². The van der Waals surface area contributed by atoms with Crippen LogP contribution in [0.5, 0.6) is 0 Å². The molecule has 0 aromatic carbocycles. The standard InChI is InChI=1S/C12H23NO2/c1-10(13)12(14)15-9-5-8-11-6-3-2-4-7-11/h10-11H,2-9,13H2,1H3/t10-/m0/s1. The molecule has 0 aromatic heterocycles. The van der Waals surface area contributed by atoms with E-state index in [1.54, 1.807) is 6.92 Å². The molecule has 0 aromatic rings. The van der Waals surface area contributed by atoms with Crippen molar-refractivity contribution in [1.82, 2.24) is 0 Å². The molecule has 1 rings (SSSR count). The zero-order chi connectivity index (χ0) is 11.1. The van der Waals surface area contributed by atoms with E-state index in [9.17, 15) is 4.79 Å². The molecule has 3 heteroatoms. The molecule has 1 aliphatic carbocycles. The van der Waals surface area contributed by atoms with Crippen LogP contribution in [0.25, 0.3) is 0 Å². The van der Waals surface area contributed by atoms with E-state index >= 15 is 0 Å². The first-order chi connectivity index (χ1) is 7.20. The highest BCUT2D eigenvalue weighted by atomic mass is 16.5. The van der Waals surface area contributed by atoms with Crippen LogP contribution in [-0.2, 0) is 9.53 Å². The Bertz CT molecular complexity index is 186. The maximum atomic E-state index is 11.0. The summed E-state index contributed by atoms with van der Waals surface area (Å²) in [6.07, 6.45) is 9.07. The lowest BCUT2D eigenvalue weighted by Gasteiger charge is -2.21. The van der Waals surface area contributed by atoms with Crippen molar-refractivity contribution in [3.63, 3.8) is 0 Å². The number of ether oxygens (including phenoxy) is 1. The van der Waals surface area contributed by atoms with Gasteiger partial charge in [0.1, 0.15) is 6.04 Å². The van der Waals surface area contributed by atoms with Crippen molar-refractivity contribution < 1.29 is 9.53 Å². The molecule has 0 aliphatic heterocycles. The van der Waals surface area contributed by atoms with E-state index < -0.39 is 6.04 Å². The summed E-state index contributed by atoms with van der Waals surface area (Å²) in [6.45, 7) is 2.19. The average Bonchev–Trinajstić information content (AvgIpc) is 2.25. The number of rotatable bonds is 5. The van der Waals surface area contributed by atoms with Gasteiger partial charge in [-0.05, 0) is 25.7 Å². The first-order valence-corrected chi connectivity index (χ1v) is 6.12. The third kappa shape index (κ3) is 5.17. The van der Waals surface area contributed by atoms with Gasteiger partial charge in [-0.3, -0.25) is 4.79 Å². The Morgan fingerprint density at radius 1 is 1.40 bits per heavy atom. The van der Waals surface area contributed by atoms with Gasteiger partial charge >= 0.3 is 5.97 Å². The second-order valence-corrected chi connectivity index (χ2v) is 4.60. The van der Waals surface area contributed by atoms with E-state index in [1.165, 1.54) is 38.5 Å². The first-order valence-electron chi connectivity index (χ1n) is 6.12. The molecule has 0 saturated heterocycles. The maximum absolute atomic E-state index is 11.0. The zero-order valence-electron chi connectivity index (χ0n) is 9.71. The van der Waals surface area contributed by atoms with Crippen molar-refractivity contribution in [2.75, 3.05) is 6.61 Å². The molecule has 0 amide bonds. The Morgan fingerprint density at radius 3 is 2.67 bits per heavy atom. The Kier molecular flexibility index (Phi) is 5.69. The minimum Gasteiger partial charge on any atom is -0.465 e. The Balaban J connectivity index is 1.98. The summed E-state index contributed by atoms with van der Waals surface area (Å²) < 4.78 is 5.03. The molecule has 0 radical (unpaired) electrons. The van der Waals surface area contributed by atoms with Gasteiger partial charge in [0.25, 0.3) is 0 Å². The molecular weight excluding hydrogens is 190 g/mol. The molecular formula is C12H23NO2. The van der Waals surface area contributed by atoms with Crippen LogP contribution >= 0.6 is 0 Å². The number of carbonyl (C=O) groups excluding carboxylic acids is 1. The predicted molar refractivity (Wildman–Crippen MR) is 60.4 cm³/mol. The monoisotopic (exact) mass is 213 g/mol. The molecule has 1 fully saturated rings. The molecule has 1 saturated carbocycles. The summed E-state index contributed by atoms with van der Waals surface area (Å²) in [5.74, 6) is 0.589. The van der Waals surface area contributed by atoms with Crippen LogP contribution in [0.1, 0.15) is 51.9 Å². The van der Waals surface area contributed by atoms with Gasteiger partial charge in [-0.2, -0.15) is 0 Å². The van der Waals surface area contributed by atoms with E-state index in [1.807, 2.05) is 0 Å². The predicted octanol–water partition coefficient (Wildman–Crippen LogP) is 2.24. The second-order valence-electron chi connectivity index (χ2n) is 4.60. The molecule has 15 heavy (non-hydrogen) atoms. The fourth-order valence-electron chi connectivity index (χ4n) is 2.15. The summed E-state index contributed by atoms with van der Waals surface area (Å²) in [4.78, 5) is 11.0. The normalized spacial score (nSPS) is 19.9. The molecule has 0 unspecified atom stereocenters. The van der Waals surface area contributed by atoms with Gasteiger partial charge in [0.2, 0.25) is 0 Å². The first kappa shape index (κ1) is 12.5. The third-order valence-electron chi connectivity index (χ3n) is 3.10. The fraction of sp³-hybridized carbons (Fsp3) is 0.917. The van der Waals surface area contributed by atoms with Gasteiger partial charge in [-0.15, -0.1) is 0 Å². The van der Waals surface area contributed by atoms with Crippen molar-refractivity contribution in [1.29, 1.82) is 0 Å². The molecule has 0 bridgehead atoms. The second kappa shape index (κ2) is 6.83. The van der Waals surface area contributed by atoms with Crippen molar-refractivity contribution in [3.05, 3.63) is 0 Å². The summed E-state index contributed by atoms with van der Waals surface area (Å²) in [6, 6.07) is -0.486. The van der Waals surface area contributed by atoms with Crippen LogP contribution < -0.4 is 5.73 Å². The molecule has 1 atom stereocenters. The van der Waals surface area contributed by atoms with E-state index in [0.717, 1.165) is 12.3 Å².